The number of hydrogen-bond acceptors (Lipinski definition) is 6. The lowest BCUT2D eigenvalue weighted by Crippen LogP contribution is -2.43. The number of nitrogens with one attached hydrogen (secondary N) is 1. The Bertz CT molecular complexity index is 1270. The number of pyridine rings is 1. The van der Waals surface area contributed by atoms with E-state index in [1.54, 1.807) is 30.4 Å². The molecule has 8 nitrogen and oxygen atoms in total. The lowest BCUT2D eigenvalue weighted by Gasteiger charge is -2.35. The maximum absolute atomic E-state index is 13.6. The van der Waals surface area contributed by atoms with Crippen molar-refractivity contribution in [2.45, 2.75) is 6.04 Å². The van der Waals surface area contributed by atoms with Crippen LogP contribution in [0.15, 0.2) is 85.3 Å². The van der Waals surface area contributed by atoms with Gasteiger partial charge in [-0.1, -0.05) is 30.3 Å². The van der Waals surface area contributed by atoms with E-state index in [-0.39, 0.29) is 11.9 Å². The van der Waals surface area contributed by atoms with E-state index in [2.05, 4.69) is 27.3 Å². The molecule has 184 valence electrons. The highest BCUT2D eigenvalue weighted by molar-refractivity contribution is 5.99. The minimum Gasteiger partial charge on any atom is -0.497 e. The third kappa shape index (κ3) is 5.30. The number of morpholine rings is 1. The van der Waals surface area contributed by atoms with Gasteiger partial charge in [0, 0.05) is 43.8 Å². The zero-order valence-electron chi connectivity index (χ0n) is 20.2. The molecule has 1 aliphatic rings. The monoisotopic (exact) mass is 483 g/mol. The standard InChI is InChI=1S/C28H29N5O3/c1-35-24-11-9-21(10-12-24)26(32-14-16-36-17-15-32)19-30-28(34)25-20-33(23-7-3-2-4-8-23)31-27(25)22-6-5-13-29-18-22/h2-13,18,20,26H,14-17,19H2,1H3,(H,30,34). The maximum Gasteiger partial charge on any atom is 0.255 e. The molecule has 36 heavy (non-hydrogen) atoms. The molecule has 0 spiro atoms. The Morgan fingerprint density at radius 1 is 1.06 bits per heavy atom. The molecule has 4 aromatic rings. The van der Waals surface area contributed by atoms with Crippen molar-refractivity contribution >= 4 is 5.91 Å². The van der Waals surface area contributed by atoms with Crippen LogP contribution in [0.4, 0.5) is 0 Å². The second-order valence-electron chi connectivity index (χ2n) is 8.56. The Kier molecular flexibility index (Phi) is 7.35. The van der Waals surface area contributed by atoms with Gasteiger partial charge in [0.25, 0.3) is 5.91 Å². The number of carbonyl (C=O) groups is 1. The molecule has 1 fully saturated rings. The lowest BCUT2D eigenvalue weighted by atomic mass is 10.0. The fraction of sp³-hybridized carbons (Fsp3) is 0.250. The smallest absolute Gasteiger partial charge is 0.255 e. The van der Waals surface area contributed by atoms with Gasteiger partial charge in [-0.25, -0.2) is 4.68 Å². The van der Waals surface area contributed by atoms with Crippen LogP contribution in [0, 0.1) is 0 Å². The van der Waals surface area contributed by atoms with Gasteiger partial charge in [-0.2, -0.15) is 5.10 Å². The highest BCUT2D eigenvalue weighted by atomic mass is 16.5. The number of amides is 1. The van der Waals surface area contributed by atoms with E-state index in [1.807, 2.05) is 54.6 Å². The van der Waals surface area contributed by atoms with Crippen LogP contribution in [0.2, 0.25) is 0 Å². The van der Waals surface area contributed by atoms with E-state index in [1.165, 1.54) is 0 Å². The van der Waals surface area contributed by atoms with Crippen molar-refractivity contribution in [3.8, 4) is 22.7 Å². The molecule has 3 heterocycles. The molecule has 1 unspecified atom stereocenters. The molecule has 8 heteroatoms. The molecule has 0 saturated carbocycles. The third-order valence-electron chi connectivity index (χ3n) is 6.36. The summed E-state index contributed by atoms with van der Waals surface area (Å²) < 4.78 is 12.6. The summed E-state index contributed by atoms with van der Waals surface area (Å²) >= 11 is 0. The van der Waals surface area contributed by atoms with Gasteiger partial charge in [-0.05, 0) is 42.0 Å². The Morgan fingerprint density at radius 2 is 1.83 bits per heavy atom. The summed E-state index contributed by atoms with van der Waals surface area (Å²) in [5, 5.41) is 7.91. The predicted molar refractivity (Wildman–Crippen MR) is 137 cm³/mol. The van der Waals surface area contributed by atoms with Gasteiger partial charge in [0.05, 0.1) is 37.6 Å². The molecule has 5 rings (SSSR count). The van der Waals surface area contributed by atoms with Crippen LogP contribution in [0.25, 0.3) is 16.9 Å². The van der Waals surface area contributed by atoms with E-state index in [4.69, 9.17) is 14.6 Å². The maximum atomic E-state index is 13.6. The zero-order chi connectivity index (χ0) is 24.7. The van der Waals surface area contributed by atoms with Crippen LogP contribution in [-0.2, 0) is 4.74 Å². The van der Waals surface area contributed by atoms with Crippen molar-refractivity contribution < 1.29 is 14.3 Å². The Morgan fingerprint density at radius 3 is 2.53 bits per heavy atom. The summed E-state index contributed by atoms with van der Waals surface area (Å²) in [7, 11) is 1.66. The molecule has 1 N–H and O–H groups in total. The molecule has 2 aromatic heterocycles. The number of ether oxygens (including phenoxy) is 2. The van der Waals surface area contributed by atoms with Gasteiger partial charge in [0.2, 0.25) is 0 Å². The molecule has 0 radical (unpaired) electrons. The van der Waals surface area contributed by atoms with Gasteiger partial charge in [-0.3, -0.25) is 14.7 Å². The topological polar surface area (TPSA) is 81.5 Å². The summed E-state index contributed by atoms with van der Waals surface area (Å²) in [5.74, 6) is 0.626. The first-order valence-corrected chi connectivity index (χ1v) is 12.0. The van der Waals surface area contributed by atoms with Gasteiger partial charge >= 0.3 is 0 Å². The number of benzene rings is 2. The summed E-state index contributed by atoms with van der Waals surface area (Å²) in [5.41, 5.74) is 3.88. The molecule has 0 aliphatic carbocycles. The summed E-state index contributed by atoms with van der Waals surface area (Å²) in [6.07, 6.45) is 5.21. The van der Waals surface area contributed by atoms with E-state index in [9.17, 15) is 4.79 Å². The largest absolute Gasteiger partial charge is 0.497 e. The average Bonchev–Trinajstić information content (AvgIpc) is 3.41. The number of rotatable bonds is 8. The van der Waals surface area contributed by atoms with Crippen LogP contribution < -0.4 is 10.1 Å². The average molecular weight is 484 g/mol. The van der Waals surface area contributed by atoms with Crippen LogP contribution in [0.1, 0.15) is 22.0 Å². The first kappa shape index (κ1) is 23.7. The molecule has 1 saturated heterocycles. The van der Waals surface area contributed by atoms with Crippen LogP contribution >= 0.6 is 0 Å². The Hall–Kier alpha value is -4.01. The van der Waals surface area contributed by atoms with Gasteiger partial charge in [-0.15, -0.1) is 0 Å². The van der Waals surface area contributed by atoms with Crippen molar-refractivity contribution in [3.63, 3.8) is 0 Å². The Balaban J connectivity index is 1.42. The molecule has 0 bridgehead atoms. The molecular formula is C28H29N5O3. The first-order valence-electron chi connectivity index (χ1n) is 12.0. The van der Waals surface area contributed by atoms with Gasteiger partial charge in [0.1, 0.15) is 11.4 Å². The number of aromatic nitrogens is 3. The van der Waals surface area contributed by atoms with Gasteiger partial charge < -0.3 is 14.8 Å². The van der Waals surface area contributed by atoms with E-state index < -0.39 is 0 Å². The van der Waals surface area contributed by atoms with Crippen molar-refractivity contribution in [2.24, 2.45) is 0 Å². The molecule has 1 aliphatic heterocycles. The molecule has 1 amide bonds. The van der Waals surface area contributed by atoms with E-state index in [0.717, 1.165) is 35.7 Å². The van der Waals surface area contributed by atoms with Crippen LogP contribution in [0.5, 0.6) is 5.75 Å². The molecule has 1 atom stereocenters. The number of carbonyl (C=O) groups excluding carboxylic acids is 1. The van der Waals surface area contributed by atoms with Crippen LogP contribution in [0.3, 0.4) is 0 Å². The summed E-state index contributed by atoms with van der Waals surface area (Å²) in [6.45, 7) is 3.41. The number of para-hydroxylation sites is 1. The van der Waals surface area contributed by atoms with Crippen molar-refractivity contribution in [3.05, 3.63) is 96.4 Å². The molecule has 2 aromatic carbocycles. The third-order valence-corrected chi connectivity index (χ3v) is 6.36. The number of hydrogen-bond donors (Lipinski definition) is 1. The SMILES string of the molecule is COc1ccc(C(CNC(=O)c2cn(-c3ccccc3)nc2-c2cccnc2)N2CCOCC2)cc1. The van der Waals surface area contributed by atoms with Crippen LogP contribution in [-0.4, -0.2) is 65.5 Å². The number of methoxy groups -OCH3 is 1. The van der Waals surface area contributed by atoms with E-state index in [0.29, 0.717) is 31.0 Å². The highest BCUT2D eigenvalue weighted by Crippen LogP contribution is 2.26. The zero-order valence-corrected chi connectivity index (χ0v) is 20.2. The fourth-order valence-corrected chi connectivity index (χ4v) is 4.43. The second kappa shape index (κ2) is 11.2. The minimum atomic E-state index is -0.178. The van der Waals surface area contributed by atoms with E-state index >= 15 is 0 Å². The quantitative estimate of drug-likeness (QED) is 0.411. The fourth-order valence-electron chi connectivity index (χ4n) is 4.43. The first-order chi connectivity index (χ1) is 17.7. The van der Waals surface area contributed by atoms with Crippen molar-refractivity contribution in [1.29, 1.82) is 0 Å². The predicted octanol–water partition coefficient (Wildman–Crippen LogP) is 3.75. The summed E-state index contributed by atoms with van der Waals surface area (Å²) in [4.78, 5) is 20.1. The summed E-state index contributed by atoms with van der Waals surface area (Å²) in [6, 6.07) is 21.5. The lowest BCUT2D eigenvalue weighted by molar-refractivity contribution is 0.0162. The van der Waals surface area contributed by atoms with Gasteiger partial charge in [0.15, 0.2) is 0 Å². The minimum absolute atomic E-state index is 0.00904. The number of nitrogens with zero attached hydrogens (tertiary/aromatic N) is 4. The highest BCUT2D eigenvalue weighted by Gasteiger charge is 2.25. The normalized spacial score (nSPS) is 14.8. The Labute approximate surface area is 210 Å². The molecular weight excluding hydrogens is 454 g/mol. The second-order valence-corrected chi connectivity index (χ2v) is 8.56. The van der Waals surface area contributed by atoms with Crippen molar-refractivity contribution in [2.75, 3.05) is 40.0 Å². The van der Waals surface area contributed by atoms with Crippen molar-refractivity contribution in [1.82, 2.24) is 25.0 Å².